The average Bonchev–Trinajstić information content (AvgIpc) is 2.91. The predicted octanol–water partition coefficient (Wildman–Crippen LogP) is 1.10. The second-order valence-corrected chi connectivity index (χ2v) is 4.09. The van der Waals surface area contributed by atoms with Gasteiger partial charge in [0.05, 0.1) is 18.8 Å². The molecule has 1 amide bonds. The van der Waals surface area contributed by atoms with Crippen LogP contribution in [0.15, 0.2) is 24.3 Å². The van der Waals surface area contributed by atoms with Gasteiger partial charge in [-0.3, -0.25) is 4.79 Å². The highest BCUT2D eigenvalue weighted by atomic mass is 16.5. The number of rotatable bonds is 1. The molecule has 0 N–H and O–H groups in total. The van der Waals surface area contributed by atoms with Crippen LogP contribution in [-0.4, -0.2) is 36.1 Å². The van der Waals surface area contributed by atoms with E-state index in [9.17, 15) is 4.79 Å². The molecule has 1 aromatic rings. The van der Waals surface area contributed by atoms with Gasteiger partial charge in [0.15, 0.2) is 0 Å². The minimum atomic E-state index is 0.125. The summed E-state index contributed by atoms with van der Waals surface area (Å²) in [5, 5.41) is 0. The van der Waals surface area contributed by atoms with E-state index in [1.807, 2.05) is 17.0 Å². The van der Waals surface area contributed by atoms with Crippen LogP contribution in [0.25, 0.3) is 0 Å². The van der Waals surface area contributed by atoms with Crippen LogP contribution in [0.5, 0.6) is 0 Å². The Morgan fingerprint density at radius 3 is 2.87 bits per heavy atom. The Morgan fingerprint density at radius 1 is 1.47 bits per heavy atom. The Balaban J connectivity index is 1.81. The van der Waals surface area contributed by atoms with Crippen molar-refractivity contribution in [2.45, 2.75) is 18.6 Å². The monoisotopic (exact) mass is 202 g/mol. The molecule has 0 saturated carbocycles. The highest BCUT2D eigenvalue weighted by molar-refractivity contribution is 5.94. The Bertz CT molecular complexity index is 376. The third kappa shape index (κ3) is 1.43. The highest BCUT2D eigenvalue weighted by Crippen LogP contribution is 2.28. The van der Waals surface area contributed by atoms with Crippen molar-refractivity contribution < 1.29 is 9.53 Å². The van der Waals surface area contributed by atoms with Crippen molar-refractivity contribution >= 4 is 5.91 Å². The fourth-order valence-corrected chi connectivity index (χ4v) is 2.34. The number of nitrogens with zero attached hydrogens (tertiary/aromatic N) is 1. The van der Waals surface area contributed by atoms with Gasteiger partial charge in [-0.2, -0.15) is 0 Å². The van der Waals surface area contributed by atoms with Crippen LogP contribution in [0.4, 0.5) is 0 Å². The lowest BCUT2D eigenvalue weighted by Gasteiger charge is -2.26. The predicted molar refractivity (Wildman–Crippen MR) is 54.5 cm³/mol. The third-order valence-corrected chi connectivity index (χ3v) is 3.13. The van der Waals surface area contributed by atoms with Crippen LogP contribution in [0.1, 0.15) is 16.8 Å². The first kappa shape index (κ1) is 8.92. The summed E-state index contributed by atoms with van der Waals surface area (Å²) in [6.07, 6.45) is 1.28. The maximum absolute atomic E-state index is 12.1. The fourth-order valence-electron chi connectivity index (χ4n) is 2.34. The first-order chi connectivity index (χ1) is 7.34. The molecule has 3 rings (SSSR count). The maximum Gasteiger partial charge on any atom is 0.254 e. The molecule has 15 heavy (non-hydrogen) atoms. The van der Waals surface area contributed by atoms with E-state index in [0.717, 1.165) is 18.5 Å². The summed E-state index contributed by atoms with van der Waals surface area (Å²) in [4.78, 5) is 14.0. The Kier molecular flexibility index (Phi) is 1.99. The fraction of sp³-hybridized carbons (Fsp3) is 0.417. The summed E-state index contributed by atoms with van der Waals surface area (Å²) in [5.41, 5.74) is 0.751. The number of fused-ring (bicyclic) bond motifs is 2. The number of benzene rings is 1. The van der Waals surface area contributed by atoms with E-state index in [4.69, 9.17) is 4.74 Å². The lowest BCUT2D eigenvalue weighted by Crippen LogP contribution is -2.41. The van der Waals surface area contributed by atoms with E-state index in [1.165, 1.54) is 0 Å². The SMILES string of the molecule is O=C(c1cc[c]cc1)N1CC2CC1CO2. The standard InChI is InChI=1S/C12H12NO2/c14-12(9-4-2-1-3-5-9)13-7-11-6-10(13)8-15-11/h2-5,10-11H,6-8H2. The number of amides is 1. The van der Waals surface area contributed by atoms with Gasteiger partial charge in [0.1, 0.15) is 0 Å². The van der Waals surface area contributed by atoms with Crippen LogP contribution in [0.3, 0.4) is 0 Å². The molecule has 1 radical (unpaired) electrons. The molecule has 2 aliphatic heterocycles. The molecule has 2 aliphatic rings. The van der Waals surface area contributed by atoms with Gasteiger partial charge in [0.25, 0.3) is 5.91 Å². The number of morpholine rings is 1. The molecule has 3 heteroatoms. The molecule has 0 aliphatic carbocycles. The van der Waals surface area contributed by atoms with Gasteiger partial charge in [0.2, 0.25) is 0 Å². The van der Waals surface area contributed by atoms with Gasteiger partial charge in [-0.15, -0.1) is 0 Å². The zero-order valence-electron chi connectivity index (χ0n) is 8.35. The van der Waals surface area contributed by atoms with E-state index in [0.29, 0.717) is 12.6 Å². The van der Waals surface area contributed by atoms with Crippen LogP contribution in [0.2, 0.25) is 0 Å². The minimum absolute atomic E-state index is 0.125. The average molecular weight is 202 g/mol. The van der Waals surface area contributed by atoms with E-state index < -0.39 is 0 Å². The molecule has 2 unspecified atom stereocenters. The van der Waals surface area contributed by atoms with Crippen molar-refractivity contribution in [1.82, 2.24) is 4.90 Å². The van der Waals surface area contributed by atoms with E-state index >= 15 is 0 Å². The van der Waals surface area contributed by atoms with Crippen LogP contribution < -0.4 is 0 Å². The molecular formula is C12H12NO2. The van der Waals surface area contributed by atoms with E-state index in [2.05, 4.69) is 6.07 Å². The molecule has 2 fully saturated rings. The van der Waals surface area contributed by atoms with Crippen LogP contribution in [-0.2, 0) is 4.74 Å². The van der Waals surface area contributed by atoms with Crippen molar-refractivity contribution in [3.05, 3.63) is 35.9 Å². The first-order valence-corrected chi connectivity index (χ1v) is 5.23. The Morgan fingerprint density at radius 2 is 2.27 bits per heavy atom. The van der Waals surface area contributed by atoms with E-state index in [1.54, 1.807) is 12.1 Å². The third-order valence-electron chi connectivity index (χ3n) is 3.13. The van der Waals surface area contributed by atoms with Gasteiger partial charge < -0.3 is 9.64 Å². The molecule has 77 valence electrons. The summed E-state index contributed by atoms with van der Waals surface area (Å²) in [6, 6.07) is 10.4. The minimum Gasteiger partial charge on any atom is -0.374 e. The number of ether oxygens (including phenoxy) is 1. The molecular weight excluding hydrogens is 190 g/mol. The van der Waals surface area contributed by atoms with E-state index in [-0.39, 0.29) is 12.0 Å². The molecule has 0 aromatic heterocycles. The second-order valence-electron chi connectivity index (χ2n) is 4.09. The van der Waals surface area contributed by atoms with Gasteiger partial charge >= 0.3 is 0 Å². The molecule has 2 saturated heterocycles. The highest BCUT2D eigenvalue weighted by Gasteiger charge is 2.41. The van der Waals surface area contributed by atoms with Crippen molar-refractivity contribution in [1.29, 1.82) is 0 Å². The zero-order chi connectivity index (χ0) is 10.3. The molecule has 2 atom stereocenters. The summed E-state index contributed by atoms with van der Waals surface area (Å²) in [5.74, 6) is 0.125. The van der Waals surface area contributed by atoms with Crippen molar-refractivity contribution in [3.8, 4) is 0 Å². The second kappa shape index (κ2) is 3.35. The smallest absolute Gasteiger partial charge is 0.254 e. The van der Waals surface area contributed by atoms with Gasteiger partial charge in [0, 0.05) is 12.1 Å². The summed E-state index contributed by atoms with van der Waals surface area (Å²) in [7, 11) is 0. The number of hydrogen-bond donors (Lipinski definition) is 0. The summed E-state index contributed by atoms with van der Waals surface area (Å²) in [6.45, 7) is 1.46. The largest absolute Gasteiger partial charge is 0.374 e. The van der Waals surface area contributed by atoms with Crippen LogP contribution in [0, 0.1) is 6.07 Å². The molecule has 2 heterocycles. The van der Waals surface area contributed by atoms with Crippen molar-refractivity contribution in [2.75, 3.05) is 13.2 Å². The molecule has 0 spiro atoms. The summed E-state index contributed by atoms with van der Waals surface area (Å²) < 4.78 is 5.47. The van der Waals surface area contributed by atoms with Crippen LogP contribution >= 0.6 is 0 Å². The lowest BCUT2D eigenvalue weighted by atomic mass is 10.2. The van der Waals surface area contributed by atoms with Gasteiger partial charge in [-0.25, -0.2) is 0 Å². The van der Waals surface area contributed by atoms with Crippen molar-refractivity contribution in [3.63, 3.8) is 0 Å². The zero-order valence-corrected chi connectivity index (χ0v) is 8.35. The molecule has 1 aromatic carbocycles. The maximum atomic E-state index is 12.1. The Hall–Kier alpha value is -1.35. The normalized spacial score (nSPS) is 28.4. The van der Waals surface area contributed by atoms with Gasteiger partial charge in [-0.1, -0.05) is 12.1 Å². The number of likely N-dealkylation sites (tertiary alicyclic amines) is 1. The number of carbonyl (C=O) groups is 1. The number of carbonyl (C=O) groups excluding carboxylic acids is 1. The van der Waals surface area contributed by atoms with Crippen molar-refractivity contribution in [2.24, 2.45) is 0 Å². The first-order valence-electron chi connectivity index (χ1n) is 5.23. The molecule has 2 bridgehead atoms. The Labute approximate surface area is 88.6 Å². The summed E-state index contributed by atoms with van der Waals surface area (Å²) >= 11 is 0. The number of hydrogen-bond acceptors (Lipinski definition) is 2. The quantitative estimate of drug-likeness (QED) is 0.682. The van der Waals surface area contributed by atoms with Gasteiger partial charge in [-0.05, 0) is 24.6 Å². The topological polar surface area (TPSA) is 29.5 Å². The lowest BCUT2D eigenvalue weighted by molar-refractivity contribution is 0.0259. The molecule has 3 nitrogen and oxygen atoms in total.